The number of nitro benzene ring substituents is 1. The van der Waals surface area contributed by atoms with Gasteiger partial charge in [-0.2, -0.15) is 0 Å². The molecular weight excluding hydrogens is 354 g/mol. The molecule has 0 bridgehead atoms. The van der Waals surface area contributed by atoms with Crippen LogP contribution in [0.5, 0.6) is 5.75 Å². The van der Waals surface area contributed by atoms with Crippen LogP contribution in [-0.4, -0.2) is 42.0 Å². The van der Waals surface area contributed by atoms with Crippen molar-refractivity contribution in [3.05, 3.63) is 56.8 Å². The average Bonchev–Trinajstić information content (AvgIpc) is 3.35. The Balaban J connectivity index is 1.55. The van der Waals surface area contributed by atoms with Crippen LogP contribution in [0.1, 0.15) is 23.8 Å². The van der Waals surface area contributed by atoms with Gasteiger partial charge >= 0.3 is 5.69 Å². The predicted octanol–water partition coefficient (Wildman–Crippen LogP) is 2.99. The first-order valence-corrected chi connectivity index (χ1v) is 9.43. The summed E-state index contributed by atoms with van der Waals surface area (Å²) in [7, 11) is 0. The molecule has 0 saturated carbocycles. The number of thiophene rings is 1. The maximum atomic E-state index is 12.2. The fraction of sp³-hybridized carbons (Fsp3) is 0.389. The van der Waals surface area contributed by atoms with Crippen LogP contribution in [0.2, 0.25) is 0 Å². The highest BCUT2D eigenvalue weighted by atomic mass is 32.1. The van der Waals surface area contributed by atoms with E-state index in [4.69, 9.17) is 4.74 Å². The van der Waals surface area contributed by atoms with Gasteiger partial charge in [-0.1, -0.05) is 18.2 Å². The van der Waals surface area contributed by atoms with Crippen LogP contribution in [0.4, 0.5) is 5.69 Å². The van der Waals surface area contributed by atoms with Crippen molar-refractivity contribution in [2.45, 2.75) is 18.9 Å². The summed E-state index contributed by atoms with van der Waals surface area (Å²) in [6.45, 7) is 2.32. The number of nitro groups is 1. The number of nitrogens with one attached hydrogen (secondary N) is 1. The van der Waals surface area contributed by atoms with Gasteiger partial charge in [0.05, 0.1) is 11.0 Å². The number of rotatable bonds is 8. The van der Waals surface area contributed by atoms with E-state index in [2.05, 4.69) is 16.3 Å². The van der Waals surface area contributed by atoms with Crippen molar-refractivity contribution < 1.29 is 14.5 Å². The number of amides is 1. The zero-order valence-electron chi connectivity index (χ0n) is 14.3. The molecule has 0 spiro atoms. The molecule has 1 N–H and O–H groups in total. The molecule has 26 heavy (non-hydrogen) atoms. The Hall–Kier alpha value is -2.45. The van der Waals surface area contributed by atoms with E-state index in [1.54, 1.807) is 23.5 Å². The maximum Gasteiger partial charge on any atom is 0.310 e. The summed E-state index contributed by atoms with van der Waals surface area (Å²) < 4.78 is 5.34. The lowest BCUT2D eigenvalue weighted by Gasteiger charge is -2.26. The largest absolute Gasteiger partial charge is 0.477 e. The van der Waals surface area contributed by atoms with Crippen LogP contribution in [-0.2, 0) is 4.79 Å². The number of hydrogen-bond acceptors (Lipinski definition) is 6. The van der Waals surface area contributed by atoms with E-state index < -0.39 is 4.92 Å². The van der Waals surface area contributed by atoms with Gasteiger partial charge in [0.25, 0.3) is 5.91 Å². The quantitative estimate of drug-likeness (QED) is 0.566. The third-order valence-electron chi connectivity index (χ3n) is 4.37. The van der Waals surface area contributed by atoms with Crippen molar-refractivity contribution >= 4 is 22.9 Å². The first-order valence-electron chi connectivity index (χ1n) is 8.55. The minimum atomic E-state index is -0.520. The molecule has 2 aromatic rings. The molecule has 1 amide bonds. The number of ether oxygens (including phenoxy) is 1. The first kappa shape index (κ1) is 18.3. The molecule has 3 rings (SSSR count). The summed E-state index contributed by atoms with van der Waals surface area (Å²) in [5.74, 6) is -0.189. The molecule has 1 aromatic carbocycles. The molecule has 1 unspecified atom stereocenters. The highest BCUT2D eigenvalue weighted by Gasteiger charge is 2.24. The molecule has 7 nitrogen and oxygen atoms in total. The maximum absolute atomic E-state index is 12.2. The fourth-order valence-corrected chi connectivity index (χ4v) is 3.94. The topological polar surface area (TPSA) is 84.7 Å². The lowest BCUT2D eigenvalue weighted by atomic mass is 10.2. The van der Waals surface area contributed by atoms with Crippen molar-refractivity contribution in [1.82, 2.24) is 10.2 Å². The zero-order chi connectivity index (χ0) is 18.4. The number of hydrogen-bond donors (Lipinski definition) is 1. The Bertz CT molecular complexity index is 745. The van der Waals surface area contributed by atoms with E-state index in [9.17, 15) is 14.9 Å². The van der Waals surface area contributed by atoms with Gasteiger partial charge in [0.15, 0.2) is 12.4 Å². The number of likely N-dealkylation sites (tertiary alicyclic amines) is 1. The van der Waals surface area contributed by atoms with Gasteiger partial charge in [-0.05, 0) is 43.4 Å². The summed E-state index contributed by atoms with van der Waals surface area (Å²) in [5.41, 5.74) is -0.145. The van der Waals surface area contributed by atoms with Gasteiger partial charge in [-0.15, -0.1) is 11.3 Å². The predicted molar refractivity (Wildman–Crippen MR) is 99.5 cm³/mol. The number of benzene rings is 1. The third-order valence-corrected chi connectivity index (χ3v) is 5.34. The molecule has 1 aromatic heterocycles. The highest BCUT2D eigenvalue weighted by Crippen LogP contribution is 2.28. The smallest absolute Gasteiger partial charge is 0.310 e. The second-order valence-electron chi connectivity index (χ2n) is 6.09. The van der Waals surface area contributed by atoms with Crippen LogP contribution >= 0.6 is 11.3 Å². The number of para-hydroxylation sites is 2. The van der Waals surface area contributed by atoms with Crippen LogP contribution < -0.4 is 10.1 Å². The molecular formula is C18H21N3O4S. The summed E-state index contributed by atoms with van der Waals surface area (Å²) in [6, 6.07) is 10.3. The van der Waals surface area contributed by atoms with E-state index in [0.29, 0.717) is 6.54 Å². The Morgan fingerprint density at radius 1 is 1.27 bits per heavy atom. The van der Waals surface area contributed by atoms with Gasteiger partial charge < -0.3 is 10.1 Å². The number of carbonyl (C=O) groups excluding carboxylic acids is 1. The molecule has 1 saturated heterocycles. The monoisotopic (exact) mass is 375 g/mol. The molecule has 8 heteroatoms. The average molecular weight is 375 g/mol. The minimum Gasteiger partial charge on any atom is -0.477 e. The molecule has 1 fully saturated rings. The van der Waals surface area contributed by atoms with Crippen LogP contribution in [0, 0.1) is 10.1 Å². The van der Waals surface area contributed by atoms with Crippen molar-refractivity contribution in [3.63, 3.8) is 0 Å². The highest BCUT2D eigenvalue weighted by molar-refractivity contribution is 7.10. The summed E-state index contributed by atoms with van der Waals surface area (Å²) in [6.07, 6.45) is 2.35. The summed E-state index contributed by atoms with van der Waals surface area (Å²) in [5, 5.41) is 15.9. The van der Waals surface area contributed by atoms with E-state index in [1.165, 1.54) is 29.9 Å². The SMILES string of the molecule is O=C(COc1ccccc1[N+](=O)[O-])NCC(c1cccs1)N1CCCC1. The lowest BCUT2D eigenvalue weighted by molar-refractivity contribution is -0.385. The van der Waals surface area contributed by atoms with Crippen molar-refractivity contribution in [2.75, 3.05) is 26.2 Å². The molecule has 1 aliphatic heterocycles. The van der Waals surface area contributed by atoms with Crippen LogP contribution in [0.25, 0.3) is 0 Å². The van der Waals surface area contributed by atoms with E-state index in [0.717, 1.165) is 13.1 Å². The minimum absolute atomic E-state index is 0.0991. The Morgan fingerprint density at radius 2 is 2.04 bits per heavy atom. The van der Waals surface area contributed by atoms with E-state index in [-0.39, 0.29) is 30.0 Å². The second kappa shape index (κ2) is 8.77. The Labute approximate surface area is 155 Å². The van der Waals surface area contributed by atoms with Gasteiger partial charge in [-0.3, -0.25) is 19.8 Å². The number of nitrogens with zero attached hydrogens (tertiary/aromatic N) is 2. The van der Waals surface area contributed by atoms with Crippen LogP contribution in [0.15, 0.2) is 41.8 Å². The van der Waals surface area contributed by atoms with Crippen molar-refractivity contribution in [1.29, 1.82) is 0 Å². The lowest BCUT2D eigenvalue weighted by Crippen LogP contribution is -2.38. The van der Waals surface area contributed by atoms with Crippen LogP contribution in [0.3, 0.4) is 0 Å². The van der Waals surface area contributed by atoms with Crippen molar-refractivity contribution in [2.24, 2.45) is 0 Å². The Kier molecular flexibility index (Phi) is 6.19. The fourth-order valence-electron chi connectivity index (χ4n) is 3.08. The van der Waals surface area contributed by atoms with Gasteiger partial charge in [0.1, 0.15) is 0 Å². The molecule has 1 aliphatic rings. The third kappa shape index (κ3) is 4.59. The molecule has 0 radical (unpaired) electrons. The normalized spacial score (nSPS) is 15.5. The second-order valence-corrected chi connectivity index (χ2v) is 7.07. The Morgan fingerprint density at radius 3 is 2.73 bits per heavy atom. The number of carbonyl (C=O) groups is 1. The summed E-state index contributed by atoms with van der Waals surface area (Å²) >= 11 is 1.69. The molecule has 0 aliphatic carbocycles. The molecule has 1 atom stereocenters. The standard InChI is InChI=1S/C18H21N3O4S/c22-18(13-25-16-7-2-1-6-14(16)21(23)24)19-12-15(17-8-5-11-26-17)20-9-3-4-10-20/h1-2,5-8,11,15H,3-4,9-10,12-13H2,(H,19,22). The van der Waals surface area contributed by atoms with Gasteiger partial charge in [-0.25, -0.2) is 0 Å². The van der Waals surface area contributed by atoms with Gasteiger partial charge in [0.2, 0.25) is 0 Å². The zero-order valence-corrected chi connectivity index (χ0v) is 15.1. The molecule has 2 heterocycles. The van der Waals surface area contributed by atoms with Gasteiger partial charge in [0, 0.05) is 17.5 Å². The van der Waals surface area contributed by atoms with E-state index >= 15 is 0 Å². The summed E-state index contributed by atoms with van der Waals surface area (Å²) in [4.78, 5) is 26.2. The molecule has 138 valence electrons. The first-order chi connectivity index (χ1) is 12.6. The van der Waals surface area contributed by atoms with E-state index in [1.807, 2.05) is 11.4 Å². The van der Waals surface area contributed by atoms with Crippen molar-refractivity contribution in [3.8, 4) is 5.75 Å².